The van der Waals surface area contributed by atoms with E-state index < -0.39 is 0 Å². The molecule has 1 heterocycles. The van der Waals surface area contributed by atoms with Gasteiger partial charge in [-0.1, -0.05) is 36.4 Å². The van der Waals surface area contributed by atoms with Crippen molar-refractivity contribution in [2.24, 2.45) is 0 Å². The van der Waals surface area contributed by atoms with E-state index in [9.17, 15) is 9.59 Å². The van der Waals surface area contributed by atoms with Crippen LogP contribution in [0.4, 0.5) is 5.69 Å². The summed E-state index contributed by atoms with van der Waals surface area (Å²) in [5.74, 6) is -0.431. The van der Waals surface area contributed by atoms with Crippen LogP contribution in [0.3, 0.4) is 0 Å². The van der Waals surface area contributed by atoms with Gasteiger partial charge in [0.1, 0.15) is 0 Å². The van der Waals surface area contributed by atoms with Crippen molar-refractivity contribution in [3.63, 3.8) is 0 Å². The first kappa shape index (κ1) is 16.9. The lowest BCUT2D eigenvalue weighted by atomic mass is 10.1. The van der Waals surface area contributed by atoms with Crippen molar-refractivity contribution in [3.05, 3.63) is 88.1 Å². The summed E-state index contributed by atoms with van der Waals surface area (Å²) in [7, 11) is 0. The molecule has 3 rings (SSSR count). The monoisotopic (exact) mass is 350 g/mol. The third-order valence-electron chi connectivity index (χ3n) is 3.69. The Morgan fingerprint density at radius 2 is 1.60 bits per heavy atom. The molecule has 0 saturated heterocycles. The average molecular weight is 350 g/mol. The second kappa shape index (κ2) is 8.26. The quantitative estimate of drug-likeness (QED) is 0.707. The average Bonchev–Trinajstić information content (AvgIpc) is 3.16. The fourth-order valence-corrected chi connectivity index (χ4v) is 3.13. The van der Waals surface area contributed by atoms with Crippen molar-refractivity contribution in [1.82, 2.24) is 5.32 Å². The number of rotatable bonds is 6. The molecule has 0 radical (unpaired) electrons. The Bertz CT molecular complexity index is 845. The molecule has 4 nitrogen and oxygen atoms in total. The highest BCUT2D eigenvalue weighted by Crippen LogP contribution is 2.16. The van der Waals surface area contributed by atoms with Gasteiger partial charge in [-0.15, -0.1) is 11.3 Å². The Morgan fingerprint density at radius 1 is 0.840 bits per heavy atom. The molecule has 0 aliphatic heterocycles. The van der Waals surface area contributed by atoms with E-state index in [0.29, 0.717) is 23.4 Å². The molecule has 2 amide bonds. The maximum atomic E-state index is 12.5. The molecule has 25 heavy (non-hydrogen) atoms. The first-order valence-electron chi connectivity index (χ1n) is 8.00. The molecule has 2 aromatic carbocycles. The Labute approximate surface area is 150 Å². The lowest BCUT2D eigenvalue weighted by Gasteiger charge is -2.11. The highest BCUT2D eigenvalue weighted by molar-refractivity contribution is 7.09. The zero-order valence-electron chi connectivity index (χ0n) is 13.6. The van der Waals surface area contributed by atoms with E-state index in [1.165, 1.54) is 4.88 Å². The largest absolute Gasteiger partial charge is 0.352 e. The highest BCUT2D eigenvalue weighted by Gasteiger charge is 2.13. The molecule has 0 aliphatic carbocycles. The van der Waals surface area contributed by atoms with Crippen LogP contribution in [0, 0.1) is 0 Å². The van der Waals surface area contributed by atoms with Crippen LogP contribution in [0.5, 0.6) is 0 Å². The van der Waals surface area contributed by atoms with E-state index in [4.69, 9.17) is 0 Å². The maximum Gasteiger partial charge on any atom is 0.255 e. The third kappa shape index (κ3) is 4.55. The Morgan fingerprint density at radius 3 is 2.36 bits per heavy atom. The molecular formula is C20H18N2O2S. The lowest BCUT2D eigenvalue weighted by Crippen LogP contribution is -2.27. The van der Waals surface area contributed by atoms with Gasteiger partial charge in [0.05, 0.1) is 11.3 Å². The third-order valence-corrected chi connectivity index (χ3v) is 4.63. The number of hydrogen-bond acceptors (Lipinski definition) is 3. The van der Waals surface area contributed by atoms with Gasteiger partial charge in [0, 0.05) is 17.0 Å². The topological polar surface area (TPSA) is 58.2 Å². The predicted molar refractivity (Wildman–Crippen MR) is 101 cm³/mol. The van der Waals surface area contributed by atoms with Gasteiger partial charge in [0.15, 0.2) is 0 Å². The molecule has 0 bridgehead atoms. The number of para-hydroxylation sites is 1. The van der Waals surface area contributed by atoms with E-state index in [-0.39, 0.29) is 11.8 Å². The number of amides is 2. The van der Waals surface area contributed by atoms with Crippen LogP contribution in [0.25, 0.3) is 0 Å². The van der Waals surface area contributed by atoms with Gasteiger partial charge >= 0.3 is 0 Å². The molecule has 126 valence electrons. The van der Waals surface area contributed by atoms with E-state index in [1.807, 2.05) is 23.6 Å². The van der Waals surface area contributed by atoms with Crippen molar-refractivity contribution in [2.75, 3.05) is 11.9 Å². The molecular weight excluding hydrogens is 332 g/mol. The minimum Gasteiger partial charge on any atom is -0.352 e. The van der Waals surface area contributed by atoms with Gasteiger partial charge in [-0.25, -0.2) is 0 Å². The Kier molecular flexibility index (Phi) is 5.59. The summed E-state index contributed by atoms with van der Waals surface area (Å²) in [6.07, 6.45) is 0.794. The van der Waals surface area contributed by atoms with Crippen LogP contribution >= 0.6 is 11.3 Å². The maximum absolute atomic E-state index is 12.5. The summed E-state index contributed by atoms with van der Waals surface area (Å²) in [4.78, 5) is 26.0. The summed E-state index contributed by atoms with van der Waals surface area (Å²) >= 11 is 1.67. The van der Waals surface area contributed by atoms with Gasteiger partial charge in [0.25, 0.3) is 11.8 Å². The summed E-state index contributed by atoms with van der Waals surface area (Å²) in [6, 6.07) is 20.0. The zero-order chi connectivity index (χ0) is 17.5. The van der Waals surface area contributed by atoms with Crippen molar-refractivity contribution in [1.29, 1.82) is 0 Å². The number of nitrogens with one attached hydrogen (secondary N) is 2. The van der Waals surface area contributed by atoms with Crippen molar-refractivity contribution in [2.45, 2.75) is 6.42 Å². The van der Waals surface area contributed by atoms with Gasteiger partial charge in [-0.05, 0) is 42.1 Å². The molecule has 0 unspecified atom stereocenters. The molecule has 0 fully saturated rings. The first-order chi connectivity index (χ1) is 12.2. The number of hydrogen-bond donors (Lipinski definition) is 2. The van der Waals surface area contributed by atoms with E-state index in [1.54, 1.807) is 59.9 Å². The van der Waals surface area contributed by atoms with Crippen molar-refractivity contribution >= 4 is 28.8 Å². The van der Waals surface area contributed by atoms with Crippen LogP contribution in [0.15, 0.2) is 72.1 Å². The smallest absolute Gasteiger partial charge is 0.255 e. The molecule has 0 spiro atoms. The number of anilines is 1. The van der Waals surface area contributed by atoms with Gasteiger partial charge < -0.3 is 10.6 Å². The first-order valence-corrected chi connectivity index (χ1v) is 8.88. The van der Waals surface area contributed by atoms with E-state index in [2.05, 4.69) is 10.6 Å². The molecule has 0 saturated carbocycles. The molecule has 0 atom stereocenters. The van der Waals surface area contributed by atoms with Crippen LogP contribution in [-0.2, 0) is 6.42 Å². The van der Waals surface area contributed by atoms with Gasteiger partial charge in [-0.3, -0.25) is 9.59 Å². The van der Waals surface area contributed by atoms with Crippen LogP contribution in [0.2, 0.25) is 0 Å². The Balaban J connectivity index is 1.65. The minimum absolute atomic E-state index is 0.194. The van der Waals surface area contributed by atoms with Gasteiger partial charge in [-0.2, -0.15) is 0 Å². The van der Waals surface area contributed by atoms with E-state index >= 15 is 0 Å². The van der Waals surface area contributed by atoms with Crippen molar-refractivity contribution < 1.29 is 9.59 Å². The summed E-state index contributed by atoms with van der Waals surface area (Å²) in [5, 5.41) is 7.74. The zero-order valence-corrected chi connectivity index (χ0v) is 14.4. The van der Waals surface area contributed by atoms with Crippen LogP contribution in [-0.4, -0.2) is 18.4 Å². The lowest BCUT2D eigenvalue weighted by molar-refractivity contribution is 0.0955. The fourth-order valence-electron chi connectivity index (χ4n) is 2.42. The predicted octanol–water partition coefficient (Wildman–Crippen LogP) is 3.97. The number of carbonyl (C=O) groups is 2. The van der Waals surface area contributed by atoms with E-state index in [0.717, 1.165) is 6.42 Å². The molecule has 5 heteroatoms. The fraction of sp³-hybridized carbons (Fsp3) is 0.100. The molecule has 3 aromatic rings. The molecule has 2 N–H and O–H groups in total. The van der Waals surface area contributed by atoms with Crippen molar-refractivity contribution in [3.8, 4) is 0 Å². The number of carbonyl (C=O) groups excluding carboxylic acids is 2. The number of thiophene rings is 1. The summed E-state index contributed by atoms with van der Waals surface area (Å²) in [6.45, 7) is 0.556. The Hall–Kier alpha value is -2.92. The summed E-state index contributed by atoms with van der Waals surface area (Å²) < 4.78 is 0. The minimum atomic E-state index is -0.237. The second-order valence-corrected chi connectivity index (χ2v) is 6.48. The second-order valence-electron chi connectivity index (χ2n) is 5.45. The summed E-state index contributed by atoms with van der Waals surface area (Å²) in [5.41, 5.74) is 1.51. The molecule has 0 aliphatic rings. The van der Waals surface area contributed by atoms with Gasteiger partial charge in [0.2, 0.25) is 0 Å². The molecule has 1 aromatic heterocycles. The normalized spacial score (nSPS) is 10.2. The standard InChI is InChI=1S/C20H18N2O2S/c23-19(15-7-2-1-3-8-15)22-18-11-5-4-10-17(18)20(24)21-13-12-16-9-6-14-25-16/h1-11,14H,12-13H2,(H,21,24)(H,22,23). The highest BCUT2D eigenvalue weighted by atomic mass is 32.1. The number of benzene rings is 2. The SMILES string of the molecule is O=C(Nc1ccccc1C(=O)NCCc1cccs1)c1ccccc1. The van der Waals surface area contributed by atoms with Crippen LogP contribution < -0.4 is 10.6 Å². The van der Waals surface area contributed by atoms with Crippen LogP contribution in [0.1, 0.15) is 25.6 Å².